The lowest BCUT2D eigenvalue weighted by molar-refractivity contribution is 0.172. The van der Waals surface area contributed by atoms with Gasteiger partial charge >= 0.3 is 20.6 Å². The van der Waals surface area contributed by atoms with Crippen LogP contribution in [0.1, 0.15) is 27.7 Å². The summed E-state index contributed by atoms with van der Waals surface area (Å²) in [6, 6.07) is 0. The first kappa shape index (κ1) is 23.9. The monoisotopic (exact) mass is 366 g/mol. The van der Waals surface area contributed by atoms with Crippen molar-refractivity contribution in [2.75, 3.05) is 26.2 Å². The Bertz CT molecular complexity index is 461. The first-order chi connectivity index (χ1) is 9.04. The normalized spacial score (nSPS) is 18.1. The van der Waals surface area contributed by atoms with E-state index in [9.17, 15) is 16.8 Å². The summed E-state index contributed by atoms with van der Waals surface area (Å²) in [6.07, 6.45) is -0.905. The Morgan fingerprint density at radius 2 is 0.909 bits per heavy atom. The highest BCUT2D eigenvalue weighted by molar-refractivity contribution is 7.84. The lowest BCUT2D eigenvalue weighted by Gasteiger charge is -2.32. The van der Waals surface area contributed by atoms with Crippen LogP contribution in [0.15, 0.2) is 0 Å². The SMILES string of the molecule is CC(C)OS(=O)(=O)N1CCN(S(=O)(=O)OC(C)C)CC1.O.O. The van der Waals surface area contributed by atoms with E-state index in [0.717, 1.165) is 8.61 Å². The summed E-state index contributed by atoms with van der Waals surface area (Å²) in [4.78, 5) is 0. The Kier molecular flexibility index (Phi) is 9.87. The van der Waals surface area contributed by atoms with Gasteiger partial charge in [-0.25, -0.2) is 0 Å². The van der Waals surface area contributed by atoms with E-state index in [1.165, 1.54) is 0 Å². The second-order valence-electron chi connectivity index (χ2n) is 5.00. The average Bonchev–Trinajstić information content (AvgIpc) is 2.25. The third-order valence-corrected chi connectivity index (χ3v) is 5.71. The molecule has 1 heterocycles. The number of nitrogens with zero attached hydrogens (tertiary/aromatic N) is 2. The van der Waals surface area contributed by atoms with Crippen LogP contribution in [0.3, 0.4) is 0 Å². The van der Waals surface area contributed by atoms with Crippen LogP contribution in [0.2, 0.25) is 0 Å². The molecule has 1 saturated heterocycles. The lowest BCUT2D eigenvalue weighted by Crippen LogP contribution is -2.51. The minimum absolute atomic E-state index is 0. The first-order valence-corrected chi connectivity index (χ1v) is 9.14. The third kappa shape index (κ3) is 6.83. The molecule has 22 heavy (non-hydrogen) atoms. The molecule has 0 amide bonds. The van der Waals surface area contributed by atoms with Crippen molar-refractivity contribution in [1.29, 1.82) is 0 Å². The molecule has 0 aromatic heterocycles. The molecule has 1 aliphatic heterocycles. The molecule has 0 aromatic carbocycles. The zero-order chi connectivity index (χ0) is 15.6. The van der Waals surface area contributed by atoms with Crippen LogP contribution >= 0.6 is 0 Å². The van der Waals surface area contributed by atoms with E-state index in [2.05, 4.69) is 0 Å². The number of hydrogen-bond acceptors (Lipinski definition) is 6. The molecule has 0 atom stereocenters. The third-order valence-electron chi connectivity index (χ3n) is 2.46. The summed E-state index contributed by atoms with van der Waals surface area (Å²) in [7, 11) is -7.61. The summed E-state index contributed by atoms with van der Waals surface area (Å²) < 4.78 is 59.3. The van der Waals surface area contributed by atoms with Gasteiger partial charge in [-0.15, -0.1) is 0 Å². The van der Waals surface area contributed by atoms with Crippen LogP contribution in [0.5, 0.6) is 0 Å². The predicted molar refractivity (Wildman–Crippen MR) is 80.7 cm³/mol. The van der Waals surface area contributed by atoms with Crippen LogP contribution in [-0.4, -0.2) is 74.8 Å². The second kappa shape index (κ2) is 9.08. The van der Waals surface area contributed by atoms with E-state index in [4.69, 9.17) is 8.37 Å². The van der Waals surface area contributed by atoms with Crippen LogP contribution < -0.4 is 0 Å². The van der Waals surface area contributed by atoms with Crippen LogP contribution in [0.4, 0.5) is 0 Å². The molecule has 1 fully saturated rings. The maximum absolute atomic E-state index is 11.8. The molecule has 1 rings (SSSR count). The summed E-state index contributed by atoms with van der Waals surface area (Å²) >= 11 is 0. The quantitative estimate of drug-likeness (QED) is 0.545. The Morgan fingerprint density at radius 1 is 0.682 bits per heavy atom. The smallest absolute Gasteiger partial charge is 0.338 e. The zero-order valence-corrected chi connectivity index (χ0v) is 14.8. The molecule has 0 bridgehead atoms. The Balaban J connectivity index is 0. The first-order valence-electron chi connectivity index (χ1n) is 6.41. The van der Waals surface area contributed by atoms with Crippen molar-refractivity contribution in [2.24, 2.45) is 0 Å². The van der Waals surface area contributed by atoms with Crippen molar-refractivity contribution in [3.8, 4) is 0 Å². The molecule has 0 unspecified atom stereocenters. The molecule has 4 N–H and O–H groups in total. The van der Waals surface area contributed by atoms with Crippen LogP contribution in [-0.2, 0) is 29.0 Å². The van der Waals surface area contributed by atoms with Gasteiger partial charge in [0.05, 0.1) is 12.2 Å². The minimum atomic E-state index is -3.80. The van der Waals surface area contributed by atoms with Crippen molar-refractivity contribution in [3.05, 3.63) is 0 Å². The summed E-state index contributed by atoms with van der Waals surface area (Å²) in [5.74, 6) is 0. The van der Waals surface area contributed by atoms with E-state index in [0.29, 0.717) is 0 Å². The van der Waals surface area contributed by atoms with Crippen molar-refractivity contribution >= 4 is 20.6 Å². The van der Waals surface area contributed by atoms with Gasteiger partial charge < -0.3 is 11.0 Å². The fraction of sp³-hybridized carbons (Fsp3) is 1.00. The molecule has 1 aliphatic rings. The highest BCUT2D eigenvalue weighted by Crippen LogP contribution is 2.15. The second-order valence-corrected chi connectivity index (χ2v) is 8.13. The van der Waals surface area contributed by atoms with Gasteiger partial charge in [-0.3, -0.25) is 8.37 Å². The average molecular weight is 366 g/mol. The predicted octanol–water partition coefficient (Wildman–Crippen LogP) is -1.71. The van der Waals surface area contributed by atoms with E-state index in [-0.39, 0.29) is 37.1 Å². The molecule has 136 valence electrons. The molecule has 0 radical (unpaired) electrons. The lowest BCUT2D eigenvalue weighted by atomic mass is 10.4. The van der Waals surface area contributed by atoms with E-state index in [1.54, 1.807) is 27.7 Å². The number of hydrogen-bond donors (Lipinski definition) is 0. The highest BCUT2D eigenvalue weighted by atomic mass is 32.2. The standard InChI is InChI=1S/C10H22N2O6S2.2H2O/c1-9(2)17-19(13,14)11-5-7-12(8-6-11)20(15,16)18-10(3)4;;/h9-10H,5-8H2,1-4H3;2*1H2. The summed E-state index contributed by atoms with van der Waals surface area (Å²) in [5.41, 5.74) is 0. The fourth-order valence-corrected chi connectivity index (χ4v) is 4.16. The molecular formula is C10H26N2O8S2. The van der Waals surface area contributed by atoms with Crippen molar-refractivity contribution in [2.45, 2.75) is 39.9 Å². The topological polar surface area (TPSA) is 156 Å². The Labute approximate surface area is 132 Å². The molecule has 12 heteroatoms. The van der Waals surface area contributed by atoms with Crippen molar-refractivity contribution in [1.82, 2.24) is 8.61 Å². The van der Waals surface area contributed by atoms with Gasteiger partial charge in [0.2, 0.25) is 0 Å². The van der Waals surface area contributed by atoms with Gasteiger partial charge in [-0.1, -0.05) is 0 Å². The molecule has 0 saturated carbocycles. The van der Waals surface area contributed by atoms with Crippen molar-refractivity contribution in [3.63, 3.8) is 0 Å². The molecular weight excluding hydrogens is 340 g/mol. The van der Waals surface area contributed by atoms with Gasteiger partial charge in [0.1, 0.15) is 0 Å². The van der Waals surface area contributed by atoms with Gasteiger partial charge in [0, 0.05) is 26.2 Å². The number of piperazine rings is 1. The fourth-order valence-electron chi connectivity index (χ4n) is 1.73. The van der Waals surface area contributed by atoms with Crippen molar-refractivity contribution < 1.29 is 36.2 Å². The van der Waals surface area contributed by atoms with E-state index >= 15 is 0 Å². The summed E-state index contributed by atoms with van der Waals surface area (Å²) in [6.45, 7) is 6.68. The van der Waals surface area contributed by atoms with Gasteiger partial charge in [-0.2, -0.15) is 25.4 Å². The minimum Gasteiger partial charge on any atom is -0.412 e. The molecule has 0 aliphatic carbocycles. The molecule has 0 spiro atoms. The maximum atomic E-state index is 11.8. The maximum Gasteiger partial charge on any atom is 0.338 e. The Hall–Kier alpha value is -0.340. The highest BCUT2D eigenvalue weighted by Gasteiger charge is 2.33. The largest absolute Gasteiger partial charge is 0.412 e. The zero-order valence-electron chi connectivity index (χ0n) is 13.1. The van der Waals surface area contributed by atoms with Gasteiger partial charge in [-0.05, 0) is 27.7 Å². The molecule has 10 nitrogen and oxygen atoms in total. The van der Waals surface area contributed by atoms with Gasteiger partial charge in [0.25, 0.3) is 0 Å². The molecule has 0 aromatic rings. The van der Waals surface area contributed by atoms with Crippen LogP contribution in [0.25, 0.3) is 0 Å². The van der Waals surface area contributed by atoms with E-state index < -0.39 is 32.8 Å². The van der Waals surface area contributed by atoms with E-state index in [1.807, 2.05) is 0 Å². The number of rotatable bonds is 6. The summed E-state index contributed by atoms with van der Waals surface area (Å²) in [5, 5.41) is 0. The van der Waals surface area contributed by atoms with Crippen LogP contribution in [0, 0.1) is 0 Å². The van der Waals surface area contributed by atoms with Gasteiger partial charge in [0.15, 0.2) is 0 Å². The Morgan fingerprint density at radius 3 is 1.09 bits per heavy atom.